The van der Waals surface area contributed by atoms with E-state index >= 15 is 0 Å². The molecule has 29 heavy (non-hydrogen) atoms. The predicted octanol–water partition coefficient (Wildman–Crippen LogP) is 2.73. The van der Waals surface area contributed by atoms with Gasteiger partial charge in [-0.2, -0.15) is 0 Å². The van der Waals surface area contributed by atoms with Gasteiger partial charge in [-0.15, -0.1) is 24.0 Å². The Morgan fingerprint density at radius 3 is 2.66 bits per heavy atom. The molecule has 7 nitrogen and oxygen atoms in total. The van der Waals surface area contributed by atoms with Crippen molar-refractivity contribution in [2.24, 2.45) is 4.99 Å². The van der Waals surface area contributed by atoms with Crippen molar-refractivity contribution in [1.29, 1.82) is 0 Å². The van der Waals surface area contributed by atoms with Crippen LogP contribution >= 0.6 is 24.0 Å². The van der Waals surface area contributed by atoms with Gasteiger partial charge in [0.25, 0.3) is 0 Å². The summed E-state index contributed by atoms with van der Waals surface area (Å²) in [5.41, 5.74) is 1.48. The zero-order valence-corrected chi connectivity index (χ0v) is 19.8. The molecule has 1 aromatic carbocycles. The van der Waals surface area contributed by atoms with E-state index in [0.717, 1.165) is 5.69 Å². The monoisotopic (exact) mass is 536 g/mol. The second-order valence-electron chi connectivity index (χ2n) is 7.37. The summed E-state index contributed by atoms with van der Waals surface area (Å²) < 4.78 is 42.0. The van der Waals surface area contributed by atoms with Crippen molar-refractivity contribution in [2.45, 2.75) is 25.0 Å². The van der Waals surface area contributed by atoms with Crippen LogP contribution in [0.3, 0.4) is 0 Å². The third kappa shape index (κ3) is 5.47. The second-order valence-corrected chi connectivity index (χ2v) is 10.1. The minimum atomic E-state index is -3.10. The number of aromatic nitrogens is 1. The lowest BCUT2D eigenvalue weighted by molar-refractivity contribution is 0.353. The Morgan fingerprint density at radius 1 is 1.34 bits per heavy atom. The first-order valence-electron chi connectivity index (χ1n) is 9.10. The number of sulfone groups is 1. The predicted molar refractivity (Wildman–Crippen MR) is 122 cm³/mol. The van der Waals surface area contributed by atoms with E-state index in [4.69, 9.17) is 4.42 Å². The number of benzene rings is 1. The molecule has 0 bridgehead atoms. The summed E-state index contributed by atoms with van der Waals surface area (Å²) in [5, 5.41) is 3.26. The standard InChI is InChI=1S/C19H25FN4O3S.HI/c1-19(2)13-24(10-11-28(19,25)26)18(21-3)22-9-8-16-12-27-17(23-16)14-4-6-15(20)7-5-14;/h4-7,12H,8-11,13H2,1-3H3,(H,21,22);1H. The quantitative estimate of drug-likeness (QED) is 0.368. The van der Waals surface area contributed by atoms with Gasteiger partial charge in [0.05, 0.1) is 16.2 Å². The minimum absolute atomic E-state index is 0. The van der Waals surface area contributed by atoms with Gasteiger partial charge >= 0.3 is 0 Å². The zero-order valence-electron chi connectivity index (χ0n) is 16.7. The molecule has 2 heterocycles. The summed E-state index contributed by atoms with van der Waals surface area (Å²) in [6, 6.07) is 5.98. The molecule has 0 amide bonds. The van der Waals surface area contributed by atoms with E-state index < -0.39 is 14.6 Å². The first-order valence-corrected chi connectivity index (χ1v) is 10.8. The number of hydrogen-bond donors (Lipinski definition) is 1. The molecule has 0 atom stereocenters. The van der Waals surface area contributed by atoms with E-state index in [2.05, 4.69) is 15.3 Å². The Balaban J connectivity index is 0.00000300. The van der Waals surface area contributed by atoms with Crippen molar-refractivity contribution in [1.82, 2.24) is 15.2 Å². The summed E-state index contributed by atoms with van der Waals surface area (Å²) in [6.07, 6.45) is 2.19. The molecule has 160 valence electrons. The summed E-state index contributed by atoms with van der Waals surface area (Å²) in [5.74, 6) is 0.928. The van der Waals surface area contributed by atoms with Crippen LogP contribution in [-0.2, 0) is 16.3 Å². The molecule has 0 unspecified atom stereocenters. The van der Waals surface area contributed by atoms with Crippen molar-refractivity contribution >= 4 is 39.8 Å². The third-order valence-electron chi connectivity index (χ3n) is 4.86. The van der Waals surface area contributed by atoms with Gasteiger partial charge in [-0.25, -0.2) is 17.8 Å². The Labute approximate surface area is 187 Å². The average Bonchev–Trinajstić information content (AvgIpc) is 3.11. The SMILES string of the molecule is CN=C(NCCc1coc(-c2ccc(F)cc2)n1)N1CCS(=O)(=O)C(C)(C)C1.I. The van der Waals surface area contributed by atoms with Gasteiger partial charge in [-0.05, 0) is 38.1 Å². The molecule has 1 aliphatic rings. The van der Waals surface area contributed by atoms with E-state index in [-0.39, 0.29) is 35.5 Å². The van der Waals surface area contributed by atoms with Gasteiger partial charge in [0.15, 0.2) is 15.8 Å². The van der Waals surface area contributed by atoms with E-state index in [1.54, 1.807) is 39.3 Å². The lowest BCUT2D eigenvalue weighted by Gasteiger charge is -2.39. The molecule has 0 aliphatic carbocycles. The van der Waals surface area contributed by atoms with Crippen LogP contribution < -0.4 is 5.32 Å². The summed E-state index contributed by atoms with van der Waals surface area (Å²) in [7, 11) is -1.41. The Kier molecular flexibility index (Phi) is 7.66. The number of guanidine groups is 1. The smallest absolute Gasteiger partial charge is 0.226 e. The average molecular weight is 536 g/mol. The van der Waals surface area contributed by atoms with Gasteiger partial charge in [0, 0.05) is 38.7 Å². The first-order chi connectivity index (χ1) is 13.2. The van der Waals surface area contributed by atoms with E-state index in [9.17, 15) is 12.8 Å². The number of hydrogen-bond acceptors (Lipinski definition) is 5. The second kappa shape index (κ2) is 9.41. The molecule has 0 saturated carbocycles. The molecule has 2 aromatic rings. The number of nitrogens with zero attached hydrogens (tertiary/aromatic N) is 3. The number of nitrogens with one attached hydrogen (secondary N) is 1. The number of aliphatic imine (C=N–C) groups is 1. The molecule has 0 spiro atoms. The van der Waals surface area contributed by atoms with Crippen LogP contribution in [0.4, 0.5) is 4.39 Å². The van der Waals surface area contributed by atoms with Crippen molar-refractivity contribution in [3.8, 4) is 11.5 Å². The highest BCUT2D eigenvalue weighted by Gasteiger charge is 2.40. The van der Waals surface area contributed by atoms with Gasteiger partial charge in [0.1, 0.15) is 12.1 Å². The van der Waals surface area contributed by atoms with Crippen molar-refractivity contribution in [3.63, 3.8) is 0 Å². The van der Waals surface area contributed by atoms with Crippen LogP contribution in [0.5, 0.6) is 0 Å². The van der Waals surface area contributed by atoms with Crippen molar-refractivity contribution in [2.75, 3.05) is 32.4 Å². The molecule has 10 heteroatoms. The molecule has 1 aromatic heterocycles. The van der Waals surface area contributed by atoms with Crippen molar-refractivity contribution in [3.05, 3.63) is 42.0 Å². The van der Waals surface area contributed by atoms with E-state index in [0.29, 0.717) is 43.5 Å². The van der Waals surface area contributed by atoms with Crippen molar-refractivity contribution < 1.29 is 17.2 Å². The molecule has 1 aliphatic heterocycles. The summed E-state index contributed by atoms with van der Waals surface area (Å²) >= 11 is 0. The van der Waals surface area contributed by atoms with Crippen LogP contribution in [0, 0.1) is 5.82 Å². The minimum Gasteiger partial charge on any atom is -0.444 e. The fourth-order valence-corrected chi connectivity index (χ4v) is 4.47. The largest absolute Gasteiger partial charge is 0.444 e. The molecular weight excluding hydrogens is 510 g/mol. The maximum atomic E-state index is 13.0. The normalized spacial score (nSPS) is 18.2. The van der Waals surface area contributed by atoms with Crippen LogP contribution in [-0.4, -0.2) is 61.4 Å². The van der Waals surface area contributed by atoms with Crippen LogP contribution in [0.2, 0.25) is 0 Å². The van der Waals surface area contributed by atoms with Crippen LogP contribution in [0.15, 0.2) is 39.9 Å². The lowest BCUT2D eigenvalue weighted by atomic mass is 10.2. The third-order valence-corrected chi connectivity index (χ3v) is 7.39. The Bertz CT molecular complexity index is 958. The van der Waals surface area contributed by atoms with Gasteiger partial charge in [-0.1, -0.05) is 0 Å². The van der Waals surface area contributed by atoms with Gasteiger partial charge < -0.3 is 14.6 Å². The highest BCUT2D eigenvalue weighted by molar-refractivity contribution is 14.0. The maximum absolute atomic E-state index is 13.0. The fraction of sp³-hybridized carbons (Fsp3) is 0.474. The van der Waals surface area contributed by atoms with Gasteiger partial charge in [0.2, 0.25) is 5.89 Å². The Hall–Kier alpha value is -1.69. The molecule has 1 saturated heterocycles. The number of rotatable bonds is 4. The van der Waals surface area contributed by atoms with Crippen LogP contribution in [0.1, 0.15) is 19.5 Å². The first kappa shape index (κ1) is 23.6. The maximum Gasteiger partial charge on any atom is 0.226 e. The van der Waals surface area contributed by atoms with E-state index in [1.807, 2.05) is 4.90 Å². The summed E-state index contributed by atoms with van der Waals surface area (Å²) in [6.45, 7) is 4.88. The molecular formula is C19H26FIN4O3S. The Morgan fingerprint density at radius 2 is 2.03 bits per heavy atom. The van der Waals surface area contributed by atoms with Gasteiger partial charge in [-0.3, -0.25) is 4.99 Å². The van der Waals surface area contributed by atoms with E-state index in [1.165, 1.54) is 12.1 Å². The van der Waals surface area contributed by atoms with Crippen LogP contribution in [0.25, 0.3) is 11.5 Å². The number of oxazole rings is 1. The lowest BCUT2D eigenvalue weighted by Crippen LogP contribution is -2.57. The molecule has 0 radical (unpaired) electrons. The zero-order chi connectivity index (χ0) is 20.4. The fourth-order valence-electron chi connectivity index (χ4n) is 3.11. The highest BCUT2D eigenvalue weighted by atomic mass is 127. The highest BCUT2D eigenvalue weighted by Crippen LogP contribution is 2.23. The number of halogens is 2. The molecule has 3 rings (SSSR count). The molecule has 1 fully saturated rings. The summed E-state index contributed by atoms with van der Waals surface area (Å²) in [4.78, 5) is 10.7. The topological polar surface area (TPSA) is 87.8 Å². The molecule has 1 N–H and O–H groups in total.